The summed E-state index contributed by atoms with van der Waals surface area (Å²) in [6, 6.07) is 15.4. The summed E-state index contributed by atoms with van der Waals surface area (Å²) in [5.41, 5.74) is 3.24. The highest BCUT2D eigenvalue weighted by molar-refractivity contribution is 7.62. The molecule has 1 heterocycles. The van der Waals surface area contributed by atoms with Crippen LogP contribution in [0.1, 0.15) is 37.4 Å². The Balaban J connectivity index is 2.17. The van der Waals surface area contributed by atoms with Crippen molar-refractivity contribution in [1.82, 2.24) is 9.97 Å². The van der Waals surface area contributed by atoms with Crippen LogP contribution in [0.5, 0.6) is 0 Å². The van der Waals surface area contributed by atoms with Crippen LogP contribution in [0.25, 0.3) is 28.7 Å². The highest BCUT2D eigenvalue weighted by Gasteiger charge is 2.25. The van der Waals surface area contributed by atoms with E-state index >= 15 is 0 Å². The van der Waals surface area contributed by atoms with E-state index in [2.05, 4.69) is 0 Å². The van der Waals surface area contributed by atoms with Gasteiger partial charge in [-0.3, -0.25) is 9.36 Å². The normalized spacial score (nSPS) is 14.2. The molecule has 184 valence electrons. The summed E-state index contributed by atoms with van der Waals surface area (Å²) in [4.78, 5) is 20.5. The minimum Gasteiger partial charge on any atom is -0.481 e. The highest BCUT2D eigenvalue weighted by Crippen LogP contribution is 2.49. The first-order valence-electron chi connectivity index (χ1n) is 11.1. The Kier molecular flexibility index (Phi) is 8.67. The Labute approximate surface area is 203 Å². The summed E-state index contributed by atoms with van der Waals surface area (Å²) in [6.07, 6.45) is -0.645. The number of benzene rings is 2. The van der Waals surface area contributed by atoms with Gasteiger partial charge in [0.15, 0.2) is 5.82 Å². The summed E-state index contributed by atoms with van der Waals surface area (Å²) in [5, 5.41) is 18.9. The maximum Gasteiger partial charge on any atom is 0.305 e. The van der Waals surface area contributed by atoms with Gasteiger partial charge in [-0.1, -0.05) is 44.2 Å². The number of nitrogens with zero attached hydrogens (tertiary/aromatic N) is 2. The van der Waals surface area contributed by atoms with Crippen molar-refractivity contribution in [1.29, 1.82) is 0 Å². The number of hydrogen-bond acceptors (Lipinski definition) is 6. The molecular formula is C26H28FN2O5P. The number of aromatic nitrogens is 2. The van der Waals surface area contributed by atoms with Crippen molar-refractivity contribution in [3.8, 4) is 22.6 Å². The van der Waals surface area contributed by atoms with E-state index in [0.29, 0.717) is 28.3 Å². The number of aliphatic hydroxyl groups is 1. The highest BCUT2D eigenvalue weighted by atomic mass is 31.2. The van der Waals surface area contributed by atoms with Crippen molar-refractivity contribution in [2.45, 2.75) is 32.3 Å². The second-order valence-electron chi connectivity index (χ2n) is 8.38. The molecule has 9 heteroatoms. The second kappa shape index (κ2) is 11.5. The van der Waals surface area contributed by atoms with Crippen LogP contribution in [0.3, 0.4) is 0 Å². The summed E-state index contributed by atoms with van der Waals surface area (Å²) in [5.74, 6) is 0.215. The second-order valence-corrected chi connectivity index (χ2v) is 10.9. The molecule has 0 fully saturated rings. The van der Waals surface area contributed by atoms with Gasteiger partial charge in [0, 0.05) is 29.6 Å². The van der Waals surface area contributed by atoms with Crippen molar-refractivity contribution in [3.63, 3.8) is 0 Å². The van der Waals surface area contributed by atoms with Crippen molar-refractivity contribution >= 4 is 19.4 Å². The fraction of sp³-hybridized carbons (Fsp3) is 0.269. The van der Waals surface area contributed by atoms with Gasteiger partial charge in [-0.25, -0.2) is 14.4 Å². The summed E-state index contributed by atoms with van der Waals surface area (Å²) >= 11 is 0. The molecule has 7 nitrogen and oxygen atoms in total. The number of aliphatic carboxylic acids is 1. The molecule has 0 aliphatic rings. The van der Waals surface area contributed by atoms with Crippen LogP contribution >= 0.6 is 7.37 Å². The number of carbonyl (C=O) groups is 1. The minimum absolute atomic E-state index is 0.0427. The number of aliphatic hydroxyl groups excluding tert-OH is 1. The Morgan fingerprint density at radius 3 is 2.31 bits per heavy atom. The maximum absolute atomic E-state index is 13.7. The van der Waals surface area contributed by atoms with Gasteiger partial charge in [0.25, 0.3) is 0 Å². The van der Waals surface area contributed by atoms with E-state index in [0.717, 1.165) is 5.56 Å². The van der Waals surface area contributed by atoms with Crippen molar-refractivity contribution < 1.29 is 28.5 Å². The van der Waals surface area contributed by atoms with Crippen LogP contribution in [0.4, 0.5) is 4.39 Å². The van der Waals surface area contributed by atoms with Crippen LogP contribution in [0.15, 0.2) is 60.4 Å². The predicted octanol–water partition coefficient (Wildman–Crippen LogP) is 5.80. The molecule has 2 aromatic carbocycles. The van der Waals surface area contributed by atoms with Gasteiger partial charge in [-0.05, 0) is 36.3 Å². The molecule has 0 amide bonds. The van der Waals surface area contributed by atoms with Crippen molar-refractivity contribution in [2.75, 3.05) is 13.3 Å². The molecule has 0 bridgehead atoms. The molecular weight excluding hydrogens is 470 g/mol. The van der Waals surface area contributed by atoms with E-state index < -0.39 is 25.9 Å². The molecule has 35 heavy (non-hydrogen) atoms. The Morgan fingerprint density at radius 1 is 1.09 bits per heavy atom. The van der Waals surface area contributed by atoms with E-state index in [4.69, 9.17) is 19.6 Å². The van der Waals surface area contributed by atoms with Gasteiger partial charge >= 0.3 is 5.97 Å². The third-order valence-corrected chi connectivity index (χ3v) is 7.48. The summed E-state index contributed by atoms with van der Waals surface area (Å²) < 4.78 is 32.1. The van der Waals surface area contributed by atoms with Crippen LogP contribution in [0.2, 0.25) is 0 Å². The Bertz CT molecular complexity index is 1250. The first-order chi connectivity index (χ1) is 16.6. The molecule has 0 aliphatic heterocycles. The molecule has 0 aliphatic carbocycles. The van der Waals surface area contributed by atoms with Crippen molar-refractivity contribution in [2.24, 2.45) is 0 Å². The SMILES string of the molecule is COP(=O)(/C=C/c1c(-c2ccc(F)cc2)nc(-c2ccccc2)nc1C(C)C)C[C@@H](O)CC(=O)O. The first-order valence-corrected chi connectivity index (χ1v) is 13.0. The van der Waals surface area contributed by atoms with Crippen LogP contribution in [0, 0.1) is 5.82 Å². The van der Waals surface area contributed by atoms with Crippen LogP contribution in [-0.4, -0.2) is 45.5 Å². The lowest BCUT2D eigenvalue weighted by Crippen LogP contribution is -2.17. The largest absolute Gasteiger partial charge is 0.481 e. The Hall–Kier alpha value is -3.19. The quantitative estimate of drug-likeness (QED) is 0.340. The number of carboxylic acids is 1. The molecule has 2 N–H and O–H groups in total. The van der Waals surface area contributed by atoms with Crippen LogP contribution in [-0.2, 0) is 13.9 Å². The molecule has 3 rings (SSSR count). The van der Waals surface area contributed by atoms with E-state index in [1.54, 1.807) is 18.2 Å². The zero-order valence-electron chi connectivity index (χ0n) is 19.8. The van der Waals surface area contributed by atoms with Gasteiger partial charge in [0.1, 0.15) is 5.82 Å². The third kappa shape index (κ3) is 6.92. The number of carboxylic acid groups (broad SMARTS) is 1. The van der Waals surface area contributed by atoms with E-state index in [9.17, 15) is 18.9 Å². The molecule has 0 spiro atoms. The lowest BCUT2D eigenvalue weighted by atomic mass is 9.98. The molecule has 1 aromatic heterocycles. The zero-order valence-corrected chi connectivity index (χ0v) is 20.7. The van der Waals surface area contributed by atoms with Gasteiger partial charge < -0.3 is 14.7 Å². The minimum atomic E-state index is -3.53. The molecule has 0 saturated heterocycles. The molecule has 2 atom stereocenters. The fourth-order valence-corrected chi connectivity index (χ4v) is 5.06. The Morgan fingerprint density at radius 2 is 1.74 bits per heavy atom. The van der Waals surface area contributed by atoms with E-state index in [1.165, 1.54) is 25.1 Å². The lowest BCUT2D eigenvalue weighted by Gasteiger charge is -2.18. The average Bonchev–Trinajstić information content (AvgIpc) is 2.82. The first kappa shape index (κ1) is 26.4. The predicted molar refractivity (Wildman–Crippen MR) is 134 cm³/mol. The summed E-state index contributed by atoms with van der Waals surface area (Å²) in [6.45, 7) is 3.94. The van der Waals surface area contributed by atoms with E-state index in [1.807, 2.05) is 44.2 Å². The standard InChI is InChI=1S/C26H28FN2O5P/c1-17(2)24-22(13-14-35(33,34-3)16-21(30)15-23(31)32)25(18-9-11-20(27)12-10-18)29-26(28-24)19-7-5-4-6-8-19/h4-14,17,21,30H,15-16H2,1-3H3,(H,31,32)/b14-13+/t21-,35?/m0/s1. The smallest absolute Gasteiger partial charge is 0.305 e. The zero-order chi connectivity index (χ0) is 25.6. The molecule has 1 unspecified atom stereocenters. The third-order valence-electron chi connectivity index (χ3n) is 5.32. The number of halogens is 1. The topological polar surface area (TPSA) is 110 Å². The monoisotopic (exact) mass is 498 g/mol. The molecule has 3 aromatic rings. The average molecular weight is 498 g/mol. The fourth-order valence-electron chi connectivity index (χ4n) is 3.58. The van der Waals surface area contributed by atoms with Crippen LogP contribution < -0.4 is 0 Å². The van der Waals surface area contributed by atoms with Gasteiger partial charge in [-0.2, -0.15) is 0 Å². The number of rotatable bonds is 10. The lowest BCUT2D eigenvalue weighted by molar-refractivity contribution is -0.138. The van der Waals surface area contributed by atoms with Gasteiger partial charge in [0.2, 0.25) is 7.37 Å². The van der Waals surface area contributed by atoms with Gasteiger partial charge in [-0.15, -0.1) is 0 Å². The summed E-state index contributed by atoms with van der Waals surface area (Å²) in [7, 11) is -2.28. The molecule has 0 saturated carbocycles. The van der Waals surface area contributed by atoms with E-state index in [-0.39, 0.29) is 17.9 Å². The van der Waals surface area contributed by atoms with Gasteiger partial charge in [0.05, 0.1) is 30.1 Å². The van der Waals surface area contributed by atoms with Crippen molar-refractivity contribution in [3.05, 3.63) is 77.5 Å². The molecule has 0 radical (unpaired) electrons. The number of hydrogen-bond donors (Lipinski definition) is 2. The maximum atomic E-state index is 13.7.